The highest BCUT2D eigenvalue weighted by atomic mass is 16.5. The number of amides is 2. The summed E-state index contributed by atoms with van der Waals surface area (Å²) >= 11 is 0. The molecule has 1 aliphatic rings. The van der Waals surface area contributed by atoms with Crippen molar-refractivity contribution >= 4 is 17.5 Å². The van der Waals surface area contributed by atoms with Crippen LogP contribution in [0.1, 0.15) is 0 Å². The molecule has 2 rings (SSSR count). The van der Waals surface area contributed by atoms with Crippen molar-refractivity contribution in [3.05, 3.63) is 30.3 Å². The van der Waals surface area contributed by atoms with Crippen molar-refractivity contribution in [3.8, 4) is 0 Å². The summed E-state index contributed by atoms with van der Waals surface area (Å²) in [4.78, 5) is 26.9. The average Bonchev–Trinajstić information content (AvgIpc) is 2.47. The van der Waals surface area contributed by atoms with Crippen LogP contribution in [0.2, 0.25) is 0 Å². The molecule has 2 amide bonds. The van der Waals surface area contributed by atoms with Gasteiger partial charge in [-0.15, -0.1) is 0 Å². The Kier molecular flexibility index (Phi) is 3.94. The Balaban J connectivity index is 2.04. The molecule has 1 fully saturated rings. The highest BCUT2D eigenvalue weighted by Gasteiger charge is 2.26. The first-order valence-corrected chi connectivity index (χ1v) is 5.90. The molecule has 0 bridgehead atoms. The largest absolute Gasteiger partial charge is 0.378 e. The quantitative estimate of drug-likeness (QED) is 0.680. The third kappa shape index (κ3) is 2.68. The normalized spacial score (nSPS) is 15.3. The third-order valence-corrected chi connectivity index (χ3v) is 2.93. The lowest BCUT2D eigenvalue weighted by Gasteiger charge is -2.28. The zero-order chi connectivity index (χ0) is 13.0. The number of benzene rings is 1. The summed E-state index contributed by atoms with van der Waals surface area (Å²) in [5, 5.41) is 0. The number of para-hydroxylation sites is 1. The van der Waals surface area contributed by atoms with Gasteiger partial charge in [0.05, 0.1) is 13.2 Å². The van der Waals surface area contributed by atoms with Crippen molar-refractivity contribution in [3.63, 3.8) is 0 Å². The molecule has 1 saturated heterocycles. The van der Waals surface area contributed by atoms with Crippen molar-refractivity contribution in [2.75, 3.05) is 38.3 Å². The molecule has 1 aromatic rings. The highest BCUT2D eigenvalue weighted by molar-refractivity contribution is 6.40. The Hall–Kier alpha value is -1.88. The Morgan fingerprint density at radius 1 is 1.17 bits per heavy atom. The maximum atomic E-state index is 12.0. The van der Waals surface area contributed by atoms with Gasteiger partial charge in [0, 0.05) is 25.8 Å². The molecular formula is C13H16N2O3. The summed E-state index contributed by atoms with van der Waals surface area (Å²) in [7, 11) is 1.61. The van der Waals surface area contributed by atoms with Crippen LogP contribution >= 0.6 is 0 Å². The second kappa shape index (κ2) is 5.64. The summed E-state index contributed by atoms with van der Waals surface area (Å²) in [6.07, 6.45) is 0. The Morgan fingerprint density at radius 2 is 1.78 bits per heavy atom. The molecule has 5 nitrogen and oxygen atoms in total. The first-order chi connectivity index (χ1) is 8.70. The van der Waals surface area contributed by atoms with Crippen molar-refractivity contribution < 1.29 is 14.3 Å². The van der Waals surface area contributed by atoms with Crippen LogP contribution in [0, 0.1) is 0 Å². The SMILES string of the molecule is CN(C(=O)C(=O)N1CCOCC1)c1ccccc1. The second-order valence-corrected chi connectivity index (χ2v) is 4.10. The van der Waals surface area contributed by atoms with E-state index in [0.29, 0.717) is 32.0 Å². The standard InChI is InChI=1S/C13H16N2O3/c1-14(11-5-3-2-4-6-11)12(16)13(17)15-7-9-18-10-8-15/h2-6H,7-10H2,1H3. The van der Waals surface area contributed by atoms with E-state index in [0.717, 1.165) is 0 Å². The maximum Gasteiger partial charge on any atom is 0.316 e. The van der Waals surface area contributed by atoms with Gasteiger partial charge in [-0.3, -0.25) is 9.59 Å². The van der Waals surface area contributed by atoms with E-state index >= 15 is 0 Å². The lowest BCUT2D eigenvalue weighted by Crippen LogP contribution is -2.48. The van der Waals surface area contributed by atoms with Crippen LogP contribution in [0.3, 0.4) is 0 Å². The van der Waals surface area contributed by atoms with Crippen molar-refractivity contribution in [2.24, 2.45) is 0 Å². The summed E-state index contributed by atoms with van der Waals surface area (Å²) in [6, 6.07) is 9.12. The first kappa shape index (κ1) is 12.6. The molecule has 96 valence electrons. The number of carbonyl (C=O) groups is 2. The molecule has 0 spiro atoms. The van der Waals surface area contributed by atoms with E-state index in [1.165, 1.54) is 9.80 Å². The third-order valence-electron chi connectivity index (χ3n) is 2.93. The minimum atomic E-state index is -0.511. The van der Waals surface area contributed by atoms with Crippen molar-refractivity contribution in [1.29, 1.82) is 0 Å². The zero-order valence-electron chi connectivity index (χ0n) is 10.3. The molecule has 5 heteroatoms. The molecule has 1 heterocycles. The molecule has 0 N–H and O–H groups in total. The zero-order valence-corrected chi connectivity index (χ0v) is 10.3. The van der Waals surface area contributed by atoms with E-state index < -0.39 is 11.8 Å². The predicted octanol–water partition coefficient (Wildman–Crippen LogP) is 0.508. The highest BCUT2D eigenvalue weighted by Crippen LogP contribution is 2.12. The van der Waals surface area contributed by atoms with E-state index in [4.69, 9.17) is 4.74 Å². The average molecular weight is 248 g/mol. The van der Waals surface area contributed by atoms with Gasteiger partial charge >= 0.3 is 11.8 Å². The number of ether oxygens (including phenoxy) is 1. The maximum absolute atomic E-state index is 12.0. The van der Waals surface area contributed by atoms with E-state index in [-0.39, 0.29) is 0 Å². The van der Waals surface area contributed by atoms with Crippen LogP contribution < -0.4 is 4.90 Å². The number of morpholine rings is 1. The number of hydrogen-bond acceptors (Lipinski definition) is 3. The Morgan fingerprint density at radius 3 is 2.39 bits per heavy atom. The summed E-state index contributed by atoms with van der Waals surface area (Å²) in [6.45, 7) is 1.95. The van der Waals surface area contributed by atoms with Crippen LogP contribution in [0.4, 0.5) is 5.69 Å². The molecule has 1 aliphatic heterocycles. The molecule has 0 unspecified atom stereocenters. The molecule has 0 aromatic heterocycles. The first-order valence-electron chi connectivity index (χ1n) is 5.90. The van der Waals surface area contributed by atoms with Crippen LogP contribution in [-0.2, 0) is 14.3 Å². The van der Waals surface area contributed by atoms with Gasteiger partial charge in [0.2, 0.25) is 0 Å². The molecule has 0 atom stereocenters. The summed E-state index contributed by atoms with van der Waals surface area (Å²) < 4.78 is 5.16. The van der Waals surface area contributed by atoms with Gasteiger partial charge in [-0.2, -0.15) is 0 Å². The van der Waals surface area contributed by atoms with E-state index in [2.05, 4.69) is 0 Å². The number of rotatable bonds is 1. The van der Waals surface area contributed by atoms with Crippen molar-refractivity contribution in [2.45, 2.75) is 0 Å². The number of likely N-dealkylation sites (N-methyl/N-ethyl adjacent to an activating group) is 1. The van der Waals surface area contributed by atoms with Gasteiger partial charge in [-0.1, -0.05) is 18.2 Å². The number of carbonyl (C=O) groups excluding carboxylic acids is 2. The predicted molar refractivity (Wildman–Crippen MR) is 67.3 cm³/mol. The lowest BCUT2D eigenvalue weighted by molar-refractivity contribution is -0.146. The Bertz CT molecular complexity index is 427. The minimum Gasteiger partial charge on any atom is -0.378 e. The molecule has 0 saturated carbocycles. The van der Waals surface area contributed by atoms with Gasteiger partial charge in [0.15, 0.2) is 0 Å². The van der Waals surface area contributed by atoms with Crippen LogP contribution in [0.5, 0.6) is 0 Å². The van der Waals surface area contributed by atoms with Gasteiger partial charge in [0.25, 0.3) is 0 Å². The van der Waals surface area contributed by atoms with Crippen LogP contribution in [0.25, 0.3) is 0 Å². The summed E-state index contributed by atoms with van der Waals surface area (Å²) in [5.41, 5.74) is 0.712. The van der Waals surface area contributed by atoms with Gasteiger partial charge in [0.1, 0.15) is 0 Å². The van der Waals surface area contributed by atoms with Gasteiger partial charge < -0.3 is 14.5 Å². The van der Waals surface area contributed by atoms with E-state index in [1.807, 2.05) is 18.2 Å². The van der Waals surface area contributed by atoms with E-state index in [1.54, 1.807) is 19.2 Å². The number of hydrogen-bond donors (Lipinski definition) is 0. The van der Waals surface area contributed by atoms with Crippen LogP contribution in [-0.4, -0.2) is 50.1 Å². The minimum absolute atomic E-state index is 0.468. The number of nitrogens with zero attached hydrogens (tertiary/aromatic N) is 2. The van der Waals surface area contributed by atoms with Gasteiger partial charge in [-0.25, -0.2) is 0 Å². The molecule has 0 aliphatic carbocycles. The second-order valence-electron chi connectivity index (χ2n) is 4.10. The summed E-state index contributed by atoms with van der Waals surface area (Å²) in [5.74, 6) is -0.979. The molecule has 0 radical (unpaired) electrons. The van der Waals surface area contributed by atoms with E-state index in [9.17, 15) is 9.59 Å². The fraction of sp³-hybridized carbons (Fsp3) is 0.385. The monoisotopic (exact) mass is 248 g/mol. The van der Waals surface area contributed by atoms with Gasteiger partial charge in [-0.05, 0) is 12.1 Å². The van der Waals surface area contributed by atoms with Crippen LogP contribution in [0.15, 0.2) is 30.3 Å². The fourth-order valence-corrected chi connectivity index (χ4v) is 1.81. The fourth-order valence-electron chi connectivity index (χ4n) is 1.81. The smallest absolute Gasteiger partial charge is 0.316 e. The molecule has 18 heavy (non-hydrogen) atoms. The Labute approximate surface area is 106 Å². The number of anilines is 1. The van der Waals surface area contributed by atoms with Crippen molar-refractivity contribution in [1.82, 2.24) is 4.90 Å². The topological polar surface area (TPSA) is 49.9 Å². The molecular weight excluding hydrogens is 232 g/mol. The molecule has 1 aromatic carbocycles. The lowest BCUT2D eigenvalue weighted by atomic mass is 10.3.